The van der Waals surface area contributed by atoms with Gasteiger partial charge in [-0.3, -0.25) is 4.99 Å². The summed E-state index contributed by atoms with van der Waals surface area (Å²) in [5, 5.41) is 8.90. The summed E-state index contributed by atoms with van der Waals surface area (Å²) in [7, 11) is 6.71. The fourth-order valence-corrected chi connectivity index (χ4v) is 3.76. The van der Waals surface area contributed by atoms with E-state index in [2.05, 4.69) is 47.0 Å². The van der Waals surface area contributed by atoms with Gasteiger partial charge in [-0.15, -0.1) is 35.3 Å². The Morgan fingerprint density at radius 3 is 2.21 bits per heavy atom. The van der Waals surface area contributed by atoms with Crippen molar-refractivity contribution in [2.45, 2.75) is 25.7 Å². The lowest BCUT2D eigenvalue weighted by Gasteiger charge is -2.25. The van der Waals surface area contributed by atoms with E-state index in [4.69, 9.17) is 14.2 Å². The van der Waals surface area contributed by atoms with E-state index in [-0.39, 0.29) is 29.4 Å². The maximum absolute atomic E-state index is 5.52. The number of nitrogens with one attached hydrogen (secondary N) is 2. The van der Waals surface area contributed by atoms with E-state index in [1.54, 1.807) is 39.7 Å². The number of nitrogens with zero attached hydrogens (tertiary/aromatic N) is 1. The summed E-state index contributed by atoms with van der Waals surface area (Å²) >= 11 is 1.78. The van der Waals surface area contributed by atoms with Crippen molar-refractivity contribution in [2.24, 2.45) is 4.99 Å². The zero-order valence-electron chi connectivity index (χ0n) is 18.0. The fraction of sp³-hybridized carbons (Fsp3) is 0.476. The lowest BCUT2D eigenvalue weighted by Crippen LogP contribution is -2.43. The van der Waals surface area contributed by atoms with E-state index >= 15 is 0 Å². The number of ether oxygens (including phenoxy) is 3. The molecule has 0 radical (unpaired) electrons. The summed E-state index contributed by atoms with van der Waals surface area (Å²) in [6, 6.07) is 8.00. The minimum Gasteiger partial charge on any atom is -0.496 e. The van der Waals surface area contributed by atoms with Crippen LogP contribution < -0.4 is 24.8 Å². The topological polar surface area (TPSA) is 64.1 Å². The van der Waals surface area contributed by atoms with Gasteiger partial charge in [0, 0.05) is 48.1 Å². The standard InChI is InChI=1S/C21H31N3O3S.HI/c1-21(2,19-8-7-11-28-19)14-24-20(22-3)23-10-9-16-17(26-5)12-15(25-4)13-18(16)27-6;/h7-8,11-13H,9-10,14H2,1-6H3,(H2,22,23,24);1H. The SMILES string of the molecule is CN=C(NCCc1c(OC)cc(OC)cc1OC)NCC(C)(C)c1cccs1.I. The molecule has 0 bridgehead atoms. The van der Waals surface area contributed by atoms with Crippen molar-refractivity contribution in [3.63, 3.8) is 0 Å². The quantitative estimate of drug-likeness (QED) is 0.289. The molecule has 2 N–H and O–H groups in total. The molecule has 0 saturated carbocycles. The van der Waals surface area contributed by atoms with Crippen LogP contribution in [0.5, 0.6) is 17.2 Å². The summed E-state index contributed by atoms with van der Waals surface area (Å²) in [6.07, 6.45) is 0.728. The predicted octanol–water partition coefficient (Wildman–Crippen LogP) is 4.08. The molecule has 0 saturated heterocycles. The molecule has 0 aliphatic heterocycles. The molecule has 1 aromatic carbocycles. The Morgan fingerprint density at radius 2 is 1.72 bits per heavy atom. The van der Waals surface area contributed by atoms with Gasteiger partial charge in [-0.1, -0.05) is 19.9 Å². The van der Waals surface area contributed by atoms with E-state index in [1.807, 2.05) is 12.1 Å². The highest BCUT2D eigenvalue weighted by Gasteiger charge is 2.22. The maximum atomic E-state index is 5.52. The zero-order chi connectivity index (χ0) is 20.6. The van der Waals surface area contributed by atoms with E-state index in [1.165, 1.54) is 4.88 Å². The van der Waals surface area contributed by atoms with Gasteiger partial charge in [-0.25, -0.2) is 0 Å². The largest absolute Gasteiger partial charge is 0.496 e. The first-order chi connectivity index (χ1) is 13.4. The Kier molecular flexibility index (Phi) is 10.6. The molecule has 0 fully saturated rings. The first-order valence-corrected chi connectivity index (χ1v) is 10.1. The Balaban J connectivity index is 0.00000420. The van der Waals surface area contributed by atoms with Crippen LogP contribution in [0.25, 0.3) is 0 Å². The average molecular weight is 533 g/mol. The van der Waals surface area contributed by atoms with Gasteiger partial charge in [0.1, 0.15) is 17.2 Å². The van der Waals surface area contributed by atoms with Crippen molar-refractivity contribution in [2.75, 3.05) is 41.5 Å². The van der Waals surface area contributed by atoms with Gasteiger partial charge in [0.25, 0.3) is 0 Å². The van der Waals surface area contributed by atoms with Crippen LogP contribution in [0.2, 0.25) is 0 Å². The highest BCUT2D eigenvalue weighted by Crippen LogP contribution is 2.34. The summed E-state index contributed by atoms with van der Waals surface area (Å²) in [4.78, 5) is 5.68. The van der Waals surface area contributed by atoms with Gasteiger partial charge < -0.3 is 24.8 Å². The summed E-state index contributed by atoms with van der Waals surface area (Å²) in [5.41, 5.74) is 1.03. The molecule has 6 nitrogen and oxygen atoms in total. The number of aliphatic imine (C=N–C) groups is 1. The molecular weight excluding hydrogens is 501 g/mol. The van der Waals surface area contributed by atoms with Gasteiger partial charge in [-0.05, 0) is 17.9 Å². The minimum absolute atomic E-state index is 0. The van der Waals surface area contributed by atoms with Gasteiger partial charge >= 0.3 is 0 Å². The first kappa shape index (κ1) is 25.4. The molecule has 1 aromatic heterocycles. The molecular formula is C21H32IN3O3S. The zero-order valence-corrected chi connectivity index (χ0v) is 21.1. The number of halogens is 1. The van der Waals surface area contributed by atoms with Crippen molar-refractivity contribution in [3.05, 3.63) is 40.1 Å². The molecule has 2 aromatic rings. The summed E-state index contributed by atoms with van der Waals surface area (Å²) in [6.45, 7) is 5.94. The molecule has 2 rings (SSSR count). The average Bonchev–Trinajstić information content (AvgIpc) is 3.26. The second kappa shape index (κ2) is 12.1. The molecule has 8 heteroatoms. The van der Waals surface area contributed by atoms with Crippen molar-refractivity contribution in [1.29, 1.82) is 0 Å². The molecule has 0 amide bonds. The predicted molar refractivity (Wildman–Crippen MR) is 132 cm³/mol. The minimum atomic E-state index is 0. The number of methoxy groups -OCH3 is 3. The lowest BCUT2D eigenvalue weighted by atomic mass is 9.91. The van der Waals surface area contributed by atoms with Gasteiger partial charge in [0.05, 0.1) is 21.3 Å². The third-order valence-corrected chi connectivity index (χ3v) is 5.83. The normalized spacial score (nSPS) is 11.4. The van der Waals surface area contributed by atoms with Gasteiger partial charge in [-0.2, -0.15) is 0 Å². The van der Waals surface area contributed by atoms with Crippen molar-refractivity contribution in [1.82, 2.24) is 10.6 Å². The van der Waals surface area contributed by atoms with Gasteiger partial charge in [0.2, 0.25) is 0 Å². The Bertz CT molecular complexity index is 754. The van der Waals surface area contributed by atoms with Crippen molar-refractivity contribution < 1.29 is 14.2 Å². The molecule has 29 heavy (non-hydrogen) atoms. The number of rotatable bonds is 9. The highest BCUT2D eigenvalue weighted by molar-refractivity contribution is 14.0. The summed E-state index contributed by atoms with van der Waals surface area (Å²) in [5.74, 6) is 2.98. The molecule has 0 spiro atoms. The molecule has 0 aliphatic carbocycles. The maximum Gasteiger partial charge on any atom is 0.191 e. The molecule has 1 heterocycles. The van der Waals surface area contributed by atoms with Crippen LogP contribution in [0.4, 0.5) is 0 Å². The van der Waals surface area contributed by atoms with Crippen molar-refractivity contribution >= 4 is 41.3 Å². The smallest absolute Gasteiger partial charge is 0.191 e. The van der Waals surface area contributed by atoms with Crippen LogP contribution >= 0.6 is 35.3 Å². The lowest BCUT2D eigenvalue weighted by molar-refractivity contribution is 0.368. The Morgan fingerprint density at radius 1 is 1.07 bits per heavy atom. The Labute approximate surface area is 195 Å². The number of thiophene rings is 1. The third-order valence-electron chi connectivity index (χ3n) is 4.59. The van der Waals surface area contributed by atoms with E-state index in [9.17, 15) is 0 Å². The van der Waals surface area contributed by atoms with Crippen LogP contribution in [0.1, 0.15) is 24.3 Å². The summed E-state index contributed by atoms with van der Waals surface area (Å²) < 4.78 is 16.3. The monoisotopic (exact) mass is 533 g/mol. The second-order valence-corrected chi connectivity index (χ2v) is 7.92. The molecule has 0 atom stereocenters. The van der Waals surface area contributed by atoms with Crippen LogP contribution in [0.3, 0.4) is 0 Å². The van der Waals surface area contributed by atoms with Crippen LogP contribution in [0, 0.1) is 0 Å². The second-order valence-electron chi connectivity index (χ2n) is 6.97. The number of hydrogen-bond acceptors (Lipinski definition) is 5. The van der Waals surface area contributed by atoms with Crippen molar-refractivity contribution in [3.8, 4) is 17.2 Å². The van der Waals surface area contributed by atoms with Crippen LogP contribution in [-0.4, -0.2) is 47.4 Å². The molecule has 162 valence electrons. The van der Waals surface area contributed by atoms with Crippen LogP contribution in [0.15, 0.2) is 34.6 Å². The van der Waals surface area contributed by atoms with E-state index in [0.717, 1.165) is 36.0 Å². The first-order valence-electron chi connectivity index (χ1n) is 9.22. The number of benzene rings is 1. The fourth-order valence-electron chi connectivity index (χ4n) is 2.91. The van der Waals surface area contributed by atoms with Gasteiger partial charge in [0.15, 0.2) is 5.96 Å². The number of hydrogen-bond donors (Lipinski definition) is 2. The molecule has 0 unspecified atom stereocenters. The highest BCUT2D eigenvalue weighted by atomic mass is 127. The van der Waals surface area contributed by atoms with E-state index < -0.39 is 0 Å². The van der Waals surface area contributed by atoms with Crippen LogP contribution in [-0.2, 0) is 11.8 Å². The third kappa shape index (κ3) is 6.95. The molecule has 0 aliphatic rings. The number of guanidine groups is 1. The Hall–Kier alpha value is -1.68. The van der Waals surface area contributed by atoms with E-state index in [0.29, 0.717) is 12.3 Å².